The van der Waals surface area contributed by atoms with E-state index >= 15 is 0 Å². The van der Waals surface area contributed by atoms with Crippen molar-refractivity contribution in [2.45, 2.75) is 38.0 Å². The quantitative estimate of drug-likeness (QED) is 0.420. The standard InChI is InChI=1S/C20H24F3N3O5S/c1-4-13(8-12(27)10-24-28)32(29,30)26-19-17(31-3)9-15(22)18(23)20(19)25-16-6-5-11(2)7-14(16)21/h5-7,9,12-13,25-27H,4,8,10H2,1-3H3. The first kappa shape index (κ1) is 25.4. The first-order valence-electron chi connectivity index (χ1n) is 9.61. The highest BCUT2D eigenvalue weighted by Crippen LogP contribution is 2.40. The molecule has 8 nitrogen and oxygen atoms in total. The number of methoxy groups -OCH3 is 1. The van der Waals surface area contributed by atoms with E-state index in [1.54, 1.807) is 6.92 Å². The minimum absolute atomic E-state index is 0.0343. The molecule has 0 aliphatic rings. The Morgan fingerprint density at radius 2 is 1.84 bits per heavy atom. The average molecular weight is 475 g/mol. The van der Waals surface area contributed by atoms with Crippen molar-refractivity contribution in [3.05, 3.63) is 52.2 Å². The molecular formula is C20H24F3N3O5S. The molecule has 0 spiro atoms. The zero-order chi connectivity index (χ0) is 24.1. The molecule has 0 aromatic heterocycles. The molecule has 12 heteroatoms. The van der Waals surface area contributed by atoms with Crippen LogP contribution in [0.5, 0.6) is 5.75 Å². The number of nitroso groups, excluding NO2 is 1. The minimum Gasteiger partial charge on any atom is -0.494 e. The van der Waals surface area contributed by atoms with Crippen LogP contribution >= 0.6 is 0 Å². The highest BCUT2D eigenvalue weighted by Gasteiger charge is 2.30. The van der Waals surface area contributed by atoms with E-state index in [9.17, 15) is 31.6 Å². The van der Waals surface area contributed by atoms with E-state index in [4.69, 9.17) is 4.74 Å². The molecule has 2 atom stereocenters. The Bertz CT molecular complexity index is 1080. The van der Waals surface area contributed by atoms with E-state index in [2.05, 4.69) is 15.2 Å². The van der Waals surface area contributed by atoms with Crippen molar-refractivity contribution in [3.8, 4) is 5.75 Å². The largest absolute Gasteiger partial charge is 0.494 e. The van der Waals surface area contributed by atoms with Gasteiger partial charge in [0.05, 0.1) is 24.2 Å². The van der Waals surface area contributed by atoms with Gasteiger partial charge in [-0.3, -0.25) is 4.72 Å². The number of nitrogens with one attached hydrogen (secondary N) is 2. The second kappa shape index (κ2) is 10.6. The summed E-state index contributed by atoms with van der Waals surface area (Å²) in [6.45, 7) is 2.67. The van der Waals surface area contributed by atoms with Gasteiger partial charge in [0.15, 0.2) is 11.6 Å². The maximum Gasteiger partial charge on any atom is 0.235 e. The lowest BCUT2D eigenvalue weighted by Gasteiger charge is -2.23. The summed E-state index contributed by atoms with van der Waals surface area (Å²) < 4.78 is 76.2. The van der Waals surface area contributed by atoms with Gasteiger partial charge in [0.2, 0.25) is 10.0 Å². The van der Waals surface area contributed by atoms with Crippen LogP contribution in [0.15, 0.2) is 29.4 Å². The highest BCUT2D eigenvalue weighted by molar-refractivity contribution is 7.93. The molecule has 0 heterocycles. The summed E-state index contributed by atoms with van der Waals surface area (Å²) >= 11 is 0. The Morgan fingerprint density at radius 3 is 2.41 bits per heavy atom. The van der Waals surface area contributed by atoms with Crippen molar-refractivity contribution >= 4 is 27.1 Å². The van der Waals surface area contributed by atoms with E-state index in [1.165, 1.54) is 19.1 Å². The molecule has 0 saturated heterocycles. The van der Waals surface area contributed by atoms with Gasteiger partial charge in [-0.15, -0.1) is 0 Å². The third-order valence-corrected chi connectivity index (χ3v) is 6.64. The van der Waals surface area contributed by atoms with Crippen LogP contribution in [0.2, 0.25) is 0 Å². The van der Waals surface area contributed by atoms with E-state index in [0.29, 0.717) is 11.6 Å². The Labute approximate surface area is 183 Å². The molecule has 176 valence electrons. The van der Waals surface area contributed by atoms with Gasteiger partial charge in [-0.2, -0.15) is 4.91 Å². The topological polar surface area (TPSA) is 117 Å². The average Bonchev–Trinajstić information content (AvgIpc) is 2.72. The number of ether oxygens (including phenoxy) is 1. The SMILES string of the molecule is CCC(CC(O)CN=O)S(=O)(=O)Nc1c(OC)cc(F)c(F)c1Nc1ccc(C)cc1F. The third kappa shape index (κ3) is 5.88. The van der Waals surface area contributed by atoms with Gasteiger partial charge in [0.25, 0.3) is 0 Å². The van der Waals surface area contributed by atoms with Crippen molar-refractivity contribution in [2.75, 3.05) is 23.7 Å². The van der Waals surface area contributed by atoms with Gasteiger partial charge in [0.1, 0.15) is 29.5 Å². The number of sulfonamides is 1. The van der Waals surface area contributed by atoms with Gasteiger partial charge in [-0.25, -0.2) is 21.6 Å². The van der Waals surface area contributed by atoms with Crippen molar-refractivity contribution in [1.29, 1.82) is 0 Å². The molecule has 0 saturated carbocycles. The van der Waals surface area contributed by atoms with E-state index in [1.807, 2.05) is 0 Å². The molecule has 0 aliphatic heterocycles. The fourth-order valence-corrected chi connectivity index (χ4v) is 4.61. The second-order valence-electron chi connectivity index (χ2n) is 7.11. The number of anilines is 3. The van der Waals surface area contributed by atoms with Crippen LogP contribution < -0.4 is 14.8 Å². The Hall–Kier alpha value is -2.86. The third-order valence-electron chi connectivity index (χ3n) is 4.75. The number of aliphatic hydroxyl groups is 1. The molecule has 2 rings (SSSR count). The molecule has 32 heavy (non-hydrogen) atoms. The van der Waals surface area contributed by atoms with E-state index < -0.39 is 56.7 Å². The predicted octanol–water partition coefficient (Wildman–Crippen LogP) is 4.20. The lowest BCUT2D eigenvalue weighted by Crippen LogP contribution is -2.32. The van der Waals surface area contributed by atoms with Crippen LogP contribution in [0, 0.1) is 29.3 Å². The number of hydrogen-bond donors (Lipinski definition) is 3. The number of aryl methyl sites for hydroxylation is 1. The molecule has 0 fully saturated rings. The number of nitrogens with zero attached hydrogens (tertiary/aromatic N) is 1. The van der Waals surface area contributed by atoms with Gasteiger partial charge in [-0.05, 0) is 37.5 Å². The molecular weight excluding hydrogens is 451 g/mol. The van der Waals surface area contributed by atoms with Crippen molar-refractivity contribution in [3.63, 3.8) is 0 Å². The molecule has 0 aliphatic carbocycles. The zero-order valence-corrected chi connectivity index (χ0v) is 18.5. The van der Waals surface area contributed by atoms with Crippen LogP contribution in [0.1, 0.15) is 25.3 Å². The Morgan fingerprint density at radius 1 is 1.16 bits per heavy atom. The van der Waals surface area contributed by atoms with Gasteiger partial charge >= 0.3 is 0 Å². The fraction of sp³-hybridized carbons (Fsp3) is 0.400. The lowest BCUT2D eigenvalue weighted by molar-refractivity contribution is 0.170. The van der Waals surface area contributed by atoms with Crippen LogP contribution in [-0.4, -0.2) is 38.5 Å². The summed E-state index contributed by atoms with van der Waals surface area (Å²) in [6, 6.07) is 4.63. The van der Waals surface area contributed by atoms with Gasteiger partial charge < -0.3 is 15.2 Å². The van der Waals surface area contributed by atoms with Crippen LogP contribution in [0.25, 0.3) is 0 Å². The predicted molar refractivity (Wildman–Crippen MR) is 115 cm³/mol. The lowest BCUT2D eigenvalue weighted by atomic mass is 10.1. The first-order valence-corrected chi connectivity index (χ1v) is 11.2. The smallest absolute Gasteiger partial charge is 0.235 e. The van der Waals surface area contributed by atoms with E-state index in [-0.39, 0.29) is 24.3 Å². The van der Waals surface area contributed by atoms with Crippen LogP contribution in [0.3, 0.4) is 0 Å². The first-order chi connectivity index (χ1) is 15.0. The summed E-state index contributed by atoms with van der Waals surface area (Å²) in [5.74, 6) is -3.93. The molecule has 2 aromatic carbocycles. The zero-order valence-electron chi connectivity index (χ0n) is 17.7. The van der Waals surface area contributed by atoms with Gasteiger partial charge in [-0.1, -0.05) is 18.2 Å². The fourth-order valence-electron chi connectivity index (χ4n) is 3.04. The van der Waals surface area contributed by atoms with Gasteiger partial charge in [0, 0.05) is 6.07 Å². The van der Waals surface area contributed by atoms with Crippen molar-refractivity contribution < 1.29 is 31.4 Å². The molecule has 0 amide bonds. The summed E-state index contributed by atoms with van der Waals surface area (Å²) in [4.78, 5) is 10.3. The number of rotatable bonds is 11. The van der Waals surface area contributed by atoms with Crippen LogP contribution in [-0.2, 0) is 10.0 Å². The summed E-state index contributed by atoms with van der Waals surface area (Å²) in [7, 11) is -3.17. The Balaban J connectivity index is 2.53. The number of aliphatic hydroxyl groups excluding tert-OH is 1. The summed E-state index contributed by atoms with van der Waals surface area (Å²) in [6.07, 6.45) is -1.59. The summed E-state index contributed by atoms with van der Waals surface area (Å²) in [5, 5.41) is 13.5. The number of benzene rings is 2. The monoisotopic (exact) mass is 475 g/mol. The van der Waals surface area contributed by atoms with Crippen molar-refractivity contribution in [2.24, 2.45) is 5.18 Å². The molecule has 0 bridgehead atoms. The molecule has 2 aromatic rings. The summed E-state index contributed by atoms with van der Waals surface area (Å²) in [5.41, 5.74) is -0.798. The van der Waals surface area contributed by atoms with Crippen LogP contribution in [0.4, 0.5) is 30.2 Å². The second-order valence-corrected chi connectivity index (χ2v) is 9.07. The molecule has 2 unspecified atom stereocenters. The highest BCUT2D eigenvalue weighted by atomic mass is 32.2. The maximum atomic E-state index is 14.7. The normalized spacial score (nSPS) is 13.3. The molecule has 3 N–H and O–H groups in total. The van der Waals surface area contributed by atoms with E-state index in [0.717, 1.165) is 13.2 Å². The number of hydrogen-bond acceptors (Lipinski definition) is 7. The molecule has 0 radical (unpaired) electrons. The maximum absolute atomic E-state index is 14.7. The van der Waals surface area contributed by atoms with Crippen molar-refractivity contribution in [1.82, 2.24) is 0 Å². The number of halogens is 3. The minimum atomic E-state index is -4.29. The Kier molecular flexibility index (Phi) is 8.44.